The first-order valence-electron chi connectivity index (χ1n) is 8.93. The lowest BCUT2D eigenvalue weighted by atomic mass is 10.0. The molecule has 1 heterocycles. The number of amides is 1. The Hall–Kier alpha value is -2.69. The second-order valence-electron chi connectivity index (χ2n) is 6.98. The van der Waals surface area contributed by atoms with Gasteiger partial charge in [0, 0.05) is 18.8 Å². The SMILES string of the molecule is COC(=O)c1ccc(C(=O)N(Cc2ccc(C(C)C)cc2)C2CC2)nc1. The third-order valence-electron chi connectivity index (χ3n) is 4.65. The maximum absolute atomic E-state index is 12.9. The summed E-state index contributed by atoms with van der Waals surface area (Å²) in [5.41, 5.74) is 3.09. The number of esters is 1. The maximum atomic E-state index is 12.9. The number of hydrogen-bond acceptors (Lipinski definition) is 4. The van der Waals surface area contributed by atoms with E-state index in [2.05, 4.69) is 47.8 Å². The van der Waals surface area contributed by atoms with E-state index in [0.29, 0.717) is 23.7 Å². The Morgan fingerprint density at radius 2 is 1.85 bits per heavy atom. The van der Waals surface area contributed by atoms with Crippen molar-refractivity contribution in [3.05, 3.63) is 65.0 Å². The number of ether oxygens (including phenoxy) is 1. The summed E-state index contributed by atoms with van der Waals surface area (Å²) in [6.45, 7) is 4.90. The lowest BCUT2D eigenvalue weighted by molar-refractivity contribution is 0.0598. The summed E-state index contributed by atoms with van der Waals surface area (Å²) in [7, 11) is 1.32. The van der Waals surface area contributed by atoms with Gasteiger partial charge in [-0.3, -0.25) is 9.78 Å². The van der Waals surface area contributed by atoms with Gasteiger partial charge in [0.2, 0.25) is 0 Å². The van der Waals surface area contributed by atoms with Crippen LogP contribution in [-0.4, -0.2) is 34.9 Å². The molecule has 2 aromatic rings. The van der Waals surface area contributed by atoms with Crippen molar-refractivity contribution in [2.24, 2.45) is 0 Å². The van der Waals surface area contributed by atoms with E-state index < -0.39 is 5.97 Å². The standard InChI is InChI=1S/C21H24N2O3/c1-14(2)16-6-4-15(5-7-16)13-23(18-9-10-18)20(24)19-11-8-17(12-22-19)21(25)26-3/h4-8,11-12,14,18H,9-10,13H2,1-3H3. The van der Waals surface area contributed by atoms with Crippen molar-refractivity contribution in [1.29, 1.82) is 0 Å². The number of carbonyl (C=O) groups is 2. The maximum Gasteiger partial charge on any atom is 0.339 e. The molecule has 0 N–H and O–H groups in total. The quantitative estimate of drug-likeness (QED) is 0.742. The Morgan fingerprint density at radius 3 is 2.35 bits per heavy atom. The van der Waals surface area contributed by atoms with E-state index in [1.54, 1.807) is 12.1 Å². The van der Waals surface area contributed by atoms with Crippen molar-refractivity contribution >= 4 is 11.9 Å². The van der Waals surface area contributed by atoms with Gasteiger partial charge in [-0.1, -0.05) is 38.1 Å². The number of methoxy groups -OCH3 is 1. The summed E-state index contributed by atoms with van der Waals surface area (Å²) in [6.07, 6.45) is 3.44. The molecule has 0 radical (unpaired) electrons. The van der Waals surface area contributed by atoms with Crippen LogP contribution in [0, 0.1) is 0 Å². The zero-order valence-corrected chi connectivity index (χ0v) is 15.4. The number of nitrogens with zero attached hydrogens (tertiary/aromatic N) is 2. The van der Waals surface area contributed by atoms with E-state index in [0.717, 1.165) is 18.4 Å². The van der Waals surface area contributed by atoms with Crippen LogP contribution in [0.25, 0.3) is 0 Å². The van der Waals surface area contributed by atoms with Crippen LogP contribution >= 0.6 is 0 Å². The van der Waals surface area contributed by atoms with Gasteiger partial charge in [-0.2, -0.15) is 0 Å². The third kappa shape index (κ3) is 4.10. The Balaban J connectivity index is 1.75. The van der Waals surface area contributed by atoms with Gasteiger partial charge in [0.25, 0.3) is 5.91 Å². The van der Waals surface area contributed by atoms with Crippen molar-refractivity contribution in [2.75, 3.05) is 7.11 Å². The van der Waals surface area contributed by atoms with E-state index in [9.17, 15) is 9.59 Å². The second-order valence-corrected chi connectivity index (χ2v) is 6.98. The monoisotopic (exact) mass is 352 g/mol. The van der Waals surface area contributed by atoms with E-state index in [1.807, 2.05) is 4.90 Å². The minimum atomic E-state index is -0.458. The molecule has 5 nitrogen and oxygen atoms in total. The molecule has 0 spiro atoms. The minimum absolute atomic E-state index is 0.100. The molecule has 136 valence electrons. The molecular weight excluding hydrogens is 328 g/mol. The van der Waals surface area contributed by atoms with Gasteiger partial charge >= 0.3 is 5.97 Å². The molecule has 0 saturated heterocycles. The van der Waals surface area contributed by atoms with Crippen LogP contribution in [0.4, 0.5) is 0 Å². The van der Waals surface area contributed by atoms with Gasteiger partial charge in [0.1, 0.15) is 5.69 Å². The summed E-state index contributed by atoms with van der Waals surface area (Å²) >= 11 is 0. The van der Waals surface area contributed by atoms with Crippen LogP contribution in [0.15, 0.2) is 42.6 Å². The average Bonchev–Trinajstić information content (AvgIpc) is 3.50. The normalized spacial score (nSPS) is 13.5. The highest BCUT2D eigenvalue weighted by atomic mass is 16.5. The second kappa shape index (κ2) is 7.68. The first-order valence-corrected chi connectivity index (χ1v) is 8.93. The smallest absolute Gasteiger partial charge is 0.339 e. The topological polar surface area (TPSA) is 59.5 Å². The molecule has 1 fully saturated rings. The highest BCUT2D eigenvalue weighted by Crippen LogP contribution is 2.30. The van der Waals surface area contributed by atoms with Crippen LogP contribution in [-0.2, 0) is 11.3 Å². The summed E-state index contributed by atoms with van der Waals surface area (Å²) in [5, 5.41) is 0. The van der Waals surface area contributed by atoms with Gasteiger partial charge in [-0.05, 0) is 42.0 Å². The summed E-state index contributed by atoms with van der Waals surface area (Å²) < 4.78 is 4.66. The highest BCUT2D eigenvalue weighted by Gasteiger charge is 2.33. The Bertz CT molecular complexity index is 778. The van der Waals surface area contributed by atoms with Gasteiger partial charge in [-0.15, -0.1) is 0 Å². The summed E-state index contributed by atoms with van der Waals surface area (Å²) in [6, 6.07) is 11.9. The lowest BCUT2D eigenvalue weighted by Crippen LogP contribution is -2.33. The minimum Gasteiger partial charge on any atom is -0.465 e. The third-order valence-corrected chi connectivity index (χ3v) is 4.65. The van der Waals surface area contributed by atoms with Crippen molar-refractivity contribution < 1.29 is 14.3 Å². The van der Waals surface area contributed by atoms with Crippen LogP contribution < -0.4 is 0 Å². The Labute approximate surface area is 154 Å². The molecule has 1 aromatic carbocycles. The molecule has 1 saturated carbocycles. The van der Waals surface area contributed by atoms with E-state index >= 15 is 0 Å². The number of carbonyl (C=O) groups excluding carboxylic acids is 2. The molecule has 1 amide bonds. The largest absolute Gasteiger partial charge is 0.465 e. The number of rotatable bonds is 6. The Kier molecular flexibility index (Phi) is 5.35. The fourth-order valence-corrected chi connectivity index (χ4v) is 2.86. The molecule has 1 aromatic heterocycles. The van der Waals surface area contributed by atoms with E-state index in [1.165, 1.54) is 18.9 Å². The average molecular weight is 352 g/mol. The highest BCUT2D eigenvalue weighted by molar-refractivity contribution is 5.94. The molecule has 1 aliphatic rings. The molecule has 26 heavy (non-hydrogen) atoms. The fraction of sp³-hybridized carbons (Fsp3) is 0.381. The van der Waals surface area contributed by atoms with Gasteiger partial charge in [-0.25, -0.2) is 4.79 Å². The van der Waals surface area contributed by atoms with Crippen LogP contribution in [0.3, 0.4) is 0 Å². The van der Waals surface area contributed by atoms with Crippen LogP contribution in [0.5, 0.6) is 0 Å². The van der Waals surface area contributed by atoms with Crippen molar-refractivity contribution in [3.63, 3.8) is 0 Å². The van der Waals surface area contributed by atoms with Crippen molar-refractivity contribution in [3.8, 4) is 0 Å². The van der Waals surface area contributed by atoms with Gasteiger partial charge in [0.05, 0.1) is 12.7 Å². The first-order chi connectivity index (χ1) is 12.5. The Morgan fingerprint density at radius 1 is 1.15 bits per heavy atom. The van der Waals surface area contributed by atoms with Crippen molar-refractivity contribution in [1.82, 2.24) is 9.88 Å². The fourth-order valence-electron chi connectivity index (χ4n) is 2.86. The molecule has 3 rings (SSSR count). The van der Waals surface area contributed by atoms with Gasteiger partial charge in [0.15, 0.2) is 0 Å². The zero-order chi connectivity index (χ0) is 18.7. The molecule has 1 aliphatic carbocycles. The summed E-state index contributed by atoms with van der Waals surface area (Å²) in [5.74, 6) is -0.0691. The molecule has 0 aliphatic heterocycles. The predicted molar refractivity (Wildman–Crippen MR) is 99.0 cm³/mol. The van der Waals surface area contributed by atoms with Crippen LogP contribution in [0.1, 0.15) is 64.6 Å². The number of hydrogen-bond donors (Lipinski definition) is 0. The molecular formula is C21H24N2O3. The number of pyridine rings is 1. The first kappa shape index (κ1) is 18.1. The zero-order valence-electron chi connectivity index (χ0n) is 15.4. The van der Waals surface area contributed by atoms with Crippen molar-refractivity contribution in [2.45, 2.75) is 45.2 Å². The molecule has 0 unspecified atom stereocenters. The number of benzene rings is 1. The van der Waals surface area contributed by atoms with E-state index in [-0.39, 0.29) is 11.9 Å². The molecule has 0 atom stereocenters. The lowest BCUT2D eigenvalue weighted by Gasteiger charge is -2.22. The van der Waals surface area contributed by atoms with Gasteiger partial charge < -0.3 is 9.64 Å². The molecule has 0 bridgehead atoms. The predicted octanol–water partition coefficient (Wildman–Crippen LogP) is 3.80. The van der Waals surface area contributed by atoms with E-state index in [4.69, 9.17) is 0 Å². The molecule has 5 heteroatoms. The summed E-state index contributed by atoms with van der Waals surface area (Å²) in [4.78, 5) is 30.5. The van der Waals surface area contributed by atoms with Crippen LogP contribution in [0.2, 0.25) is 0 Å². The number of aromatic nitrogens is 1.